The molecular formula is C13H18N4O2. The van der Waals surface area contributed by atoms with Crippen LogP contribution in [0.5, 0.6) is 0 Å². The Kier molecular flexibility index (Phi) is 3.10. The molecule has 0 bridgehead atoms. The molecule has 6 heteroatoms. The van der Waals surface area contributed by atoms with Crippen molar-refractivity contribution in [2.75, 3.05) is 6.61 Å². The molecule has 1 atom stereocenters. The van der Waals surface area contributed by atoms with Gasteiger partial charge in [0.15, 0.2) is 0 Å². The first-order chi connectivity index (χ1) is 9.16. The molecular weight excluding hydrogens is 244 g/mol. The zero-order valence-electron chi connectivity index (χ0n) is 11.3. The van der Waals surface area contributed by atoms with Crippen molar-refractivity contribution in [3.05, 3.63) is 29.7 Å². The molecule has 1 unspecified atom stereocenters. The van der Waals surface area contributed by atoms with Crippen molar-refractivity contribution >= 4 is 0 Å². The monoisotopic (exact) mass is 262 g/mol. The second-order valence-corrected chi connectivity index (χ2v) is 5.25. The van der Waals surface area contributed by atoms with Crippen molar-refractivity contribution in [1.82, 2.24) is 19.9 Å². The molecule has 2 aromatic rings. The van der Waals surface area contributed by atoms with E-state index in [-0.39, 0.29) is 0 Å². The minimum absolute atomic E-state index is 0.394. The van der Waals surface area contributed by atoms with Gasteiger partial charge in [0.05, 0.1) is 12.6 Å². The van der Waals surface area contributed by atoms with Crippen LogP contribution in [0.3, 0.4) is 0 Å². The number of rotatable bonds is 3. The highest BCUT2D eigenvalue weighted by atomic mass is 16.5. The number of hydrogen-bond donors (Lipinski definition) is 0. The molecule has 3 heterocycles. The van der Waals surface area contributed by atoms with Crippen molar-refractivity contribution in [2.24, 2.45) is 7.05 Å². The van der Waals surface area contributed by atoms with Crippen LogP contribution in [-0.4, -0.2) is 26.5 Å². The Morgan fingerprint density at radius 3 is 3.00 bits per heavy atom. The van der Waals surface area contributed by atoms with Crippen LogP contribution >= 0.6 is 0 Å². The fraction of sp³-hybridized carbons (Fsp3) is 0.615. The van der Waals surface area contributed by atoms with Gasteiger partial charge in [-0.05, 0) is 31.7 Å². The Bertz CT molecular complexity index is 554. The Morgan fingerprint density at radius 2 is 2.32 bits per heavy atom. The van der Waals surface area contributed by atoms with Crippen LogP contribution in [0.4, 0.5) is 0 Å². The predicted octanol–water partition coefficient (Wildman–Crippen LogP) is 1.81. The molecule has 0 aromatic carbocycles. The van der Waals surface area contributed by atoms with Crippen molar-refractivity contribution < 1.29 is 9.26 Å². The minimum atomic E-state index is -0.394. The molecule has 0 radical (unpaired) electrons. The van der Waals surface area contributed by atoms with Crippen LogP contribution in [0, 0.1) is 0 Å². The molecule has 19 heavy (non-hydrogen) atoms. The summed E-state index contributed by atoms with van der Waals surface area (Å²) < 4.78 is 12.9. The van der Waals surface area contributed by atoms with E-state index in [0.717, 1.165) is 31.4 Å². The topological polar surface area (TPSA) is 66.0 Å². The molecule has 1 saturated heterocycles. The number of ether oxygens (including phenoxy) is 1. The lowest BCUT2D eigenvalue weighted by Crippen LogP contribution is -2.31. The van der Waals surface area contributed by atoms with Gasteiger partial charge in [-0.15, -0.1) is 0 Å². The van der Waals surface area contributed by atoms with Gasteiger partial charge in [0.1, 0.15) is 5.60 Å². The lowest BCUT2D eigenvalue weighted by molar-refractivity contribution is -0.0770. The van der Waals surface area contributed by atoms with Gasteiger partial charge in [0, 0.05) is 19.9 Å². The first kappa shape index (κ1) is 12.3. The van der Waals surface area contributed by atoms with Gasteiger partial charge in [-0.1, -0.05) is 5.16 Å². The van der Waals surface area contributed by atoms with Gasteiger partial charge in [0.2, 0.25) is 11.7 Å². The Balaban J connectivity index is 1.75. The van der Waals surface area contributed by atoms with E-state index in [2.05, 4.69) is 15.2 Å². The summed E-state index contributed by atoms with van der Waals surface area (Å²) in [5.74, 6) is 1.27. The molecule has 2 aromatic heterocycles. The first-order valence-corrected chi connectivity index (χ1v) is 6.60. The van der Waals surface area contributed by atoms with E-state index in [1.54, 1.807) is 4.68 Å². The first-order valence-electron chi connectivity index (χ1n) is 6.60. The SMILES string of the molecule is Cn1cc(Cc2nc(C3(C)CCCCO3)no2)cn1. The maximum absolute atomic E-state index is 5.82. The van der Waals surface area contributed by atoms with Gasteiger partial charge in [-0.25, -0.2) is 0 Å². The largest absolute Gasteiger partial charge is 0.367 e. The average molecular weight is 262 g/mol. The fourth-order valence-electron chi connectivity index (χ4n) is 2.39. The van der Waals surface area contributed by atoms with E-state index < -0.39 is 5.60 Å². The molecule has 1 aliphatic heterocycles. The highest BCUT2D eigenvalue weighted by Crippen LogP contribution is 2.32. The summed E-state index contributed by atoms with van der Waals surface area (Å²) in [5.41, 5.74) is 0.669. The summed E-state index contributed by atoms with van der Waals surface area (Å²) in [5, 5.41) is 8.20. The molecule has 0 spiro atoms. The highest BCUT2D eigenvalue weighted by Gasteiger charge is 2.34. The van der Waals surface area contributed by atoms with Gasteiger partial charge >= 0.3 is 0 Å². The highest BCUT2D eigenvalue weighted by molar-refractivity contribution is 5.11. The van der Waals surface area contributed by atoms with Crippen molar-refractivity contribution in [3.8, 4) is 0 Å². The summed E-state index contributed by atoms with van der Waals surface area (Å²) in [6.07, 6.45) is 7.56. The summed E-state index contributed by atoms with van der Waals surface area (Å²) in [7, 11) is 1.89. The maximum Gasteiger partial charge on any atom is 0.231 e. The number of nitrogens with zero attached hydrogens (tertiary/aromatic N) is 4. The van der Waals surface area contributed by atoms with Crippen LogP contribution < -0.4 is 0 Å². The second-order valence-electron chi connectivity index (χ2n) is 5.25. The lowest BCUT2D eigenvalue weighted by atomic mass is 9.95. The van der Waals surface area contributed by atoms with E-state index in [9.17, 15) is 0 Å². The van der Waals surface area contributed by atoms with Crippen molar-refractivity contribution in [3.63, 3.8) is 0 Å². The molecule has 0 amide bonds. The third-order valence-electron chi connectivity index (χ3n) is 3.52. The fourth-order valence-corrected chi connectivity index (χ4v) is 2.39. The summed E-state index contributed by atoms with van der Waals surface area (Å²) in [6, 6.07) is 0. The maximum atomic E-state index is 5.82. The van der Waals surface area contributed by atoms with Crippen LogP contribution in [0.15, 0.2) is 16.9 Å². The minimum Gasteiger partial charge on any atom is -0.367 e. The Hall–Kier alpha value is -1.69. The summed E-state index contributed by atoms with van der Waals surface area (Å²) >= 11 is 0. The second kappa shape index (κ2) is 4.77. The van der Waals surface area contributed by atoms with E-state index in [1.807, 2.05) is 26.4 Å². The lowest BCUT2D eigenvalue weighted by Gasteiger charge is -2.30. The number of aromatic nitrogens is 4. The summed E-state index contributed by atoms with van der Waals surface area (Å²) in [6.45, 7) is 2.80. The van der Waals surface area contributed by atoms with Crippen molar-refractivity contribution in [1.29, 1.82) is 0 Å². The Labute approximate surface area is 111 Å². The quantitative estimate of drug-likeness (QED) is 0.844. The molecule has 6 nitrogen and oxygen atoms in total. The normalized spacial score (nSPS) is 23.7. The van der Waals surface area contributed by atoms with Crippen LogP contribution in [0.1, 0.15) is 43.5 Å². The number of aryl methyl sites for hydroxylation is 1. The zero-order chi connectivity index (χ0) is 13.3. The molecule has 0 aliphatic carbocycles. The van der Waals surface area contributed by atoms with E-state index in [0.29, 0.717) is 18.1 Å². The molecule has 1 aliphatic rings. The average Bonchev–Trinajstić information content (AvgIpc) is 3.01. The van der Waals surface area contributed by atoms with E-state index in [4.69, 9.17) is 9.26 Å². The smallest absolute Gasteiger partial charge is 0.231 e. The van der Waals surface area contributed by atoms with Gasteiger partial charge < -0.3 is 9.26 Å². The molecule has 3 rings (SSSR count). The molecule has 0 saturated carbocycles. The third-order valence-corrected chi connectivity index (χ3v) is 3.52. The number of hydrogen-bond acceptors (Lipinski definition) is 5. The van der Waals surface area contributed by atoms with Gasteiger partial charge in [-0.3, -0.25) is 4.68 Å². The zero-order valence-corrected chi connectivity index (χ0v) is 11.3. The van der Waals surface area contributed by atoms with Crippen LogP contribution in [-0.2, 0) is 23.8 Å². The molecule has 102 valence electrons. The third kappa shape index (κ3) is 2.53. The molecule has 0 N–H and O–H groups in total. The standard InChI is InChI=1S/C13H18N4O2/c1-13(5-3-4-6-18-13)12-15-11(19-16-12)7-10-8-14-17(2)9-10/h8-9H,3-7H2,1-2H3. The van der Waals surface area contributed by atoms with Crippen molar-refractivity contribution in [2.45, 2.75) is 38.2 Å². The van der Waals surface area contributed by atoms with E-state index in [1.165, 1.54) is 0 Å². The predicted molar refractivity (Wildman–Crippen MR) is 67.5 cm³/mol. The van der Waals surface area contributed by atoms with Gasteiger partial charge in [-0.2, -0.15) is 10.1 Å². The van der Waals surface area contributed by atoms with Gasteiger partial charge in [0.25, 0.3) is 0 Å². The molecule has 1 fully saturated rings. The van der Waals surface area contributed by atoms with Crippen LogP contribution in [0.2, 0.25) is 0 Å². The Morgan fingerprint density at radius 1 is 1.42 bits per heavy atom. The summed E-state index contributed by atoms with van der Waals surface area (Å²) in [4.78, 5) is 4.47. The van der Waals surface area contributed by atoms with Crippen LogP contribution in [0.25, 0.3) is 0 Å². The van der Waals surface area contributed by atoms with E-state index >= 15 is 0 Å².